The summed E-state index contributed by atoms with van der Waals surface area (Å²) in [5.41, 5.74) is 0.591. The Balaban J connectivity index is 2.80. The summed E-state index contributed by atoms with van der Waals surface area (Å²) in [4.78, 5) is 23.7. The highest BCUT2D eigenvalue weighted by Gasteiger charge is 2.16. The first-order chi connectivity index (χ1) is 10.5. The normalized spacial score (nSPS) is 9.36. The minimum absolute atomic E-state index is 0.203. The van der Waals surface area contributed by atoms with Crippen molar-refractivity contribution in [3.63, 3.8) is 0 Å². The summed E-state index contributed by atoms with van der Waals surface area (Å²) >= 11 is 0. The minimum Gasteiger partial charge on any atom is -0.294 e. The summed E-state index contributed by atoms with van der Waals surface area (Å²) < 4.78 is 0. The third kappa shape index (κ3) is 4.27. The van der Waals surface area contributed by atoms with Gasteiger partial charge in [0.15, 0.2) is 11.6 Å². The lowest BCUT2D eigenvalue weighted by molar-refractivity contribution is 0.0965. The fourth-order valence-corrected chi connectivity index (χ4v) is 1.69. The van der Waals surface area contributed by atoms with E-state index in [2.05, 4.69) is 0 Å². The van der Waals surface area contributed by atoms with E-state index in [1.807, 2.05) is 0 Å². The molecule has 0 atom stereocenters. The number of ketones is 2. The lowest BCUT2D eigenvalue weighted by atomic mass is 9.96. The van der Waals surface area contributed by atoms with Crippen LogP contribution < -0.4 is 0 Å². The standard InChI is InChI=1S/C16H10N4O2/c17-7-11(8-18)5-15(21)13-1-2-14(4-3-13)16(22)6-12(9-19)10-20/h1-4,11-12H,5-6H2. The van der Waals surface area contributed by atoms with Gasteiger partial charge >= 0.3 is 0 Å². The maximum absolute atomic E-state index is 11.9. The van der Waals surface area contributed by atoms with Crippen LogP contribution in [0.3, 0.4) is 0 Å². The number of hydrogen-bond donors (Lipinski definition) is 0. The number of nitrogens with zero attached hydrogens (tertiary/aromatic N) is 4. The van der Waals surface area contributed by atoms with E-state index in [1.54, 1.807) is 24.3 Å². The molecular weight excluding hydrogens is 280 g/mol. The molecule has 0 bridgehead atoms. The third-order valence-corrected chi connectivity index (χ3v) is 2.93. The van der Waals surface area contributed by atoms with Gasteiger partial charge in [0.25, 0.3) is 0 Å². The van der Waals surface area contributed by atoms with Crippen molar-refractivity contribution in [3.8, 4) is 24.3 Å². The minimum atomic E-state index is -0.999. The van der Waals surface area contributed by atoms with E-state index >= 15 is 0 Å². The van der Waals surface area contributed by atoms with E-state index in [0.717, 1.165) is 0 Å². The molecule has 0 fully saturated rings. The summed E-state index contributed by atoms with van der Waals surface area (Å²) in [5.74, 6) is -2.72. The SMILES string of the molecule is N#CC(C#N)CC(=O)c1ccc(C(=O)CC(C#N)C#N)cc1. The zero-order chi connectivity index (χ0) is 16.5. The number of benzene rings is 1. The quantitative estimate of drug-likeness (QED) is 0.738. The van der Waals surface area contributed by atoms with Gasteiger partial charge in [-0.1, -0.05) is 24.3 Å². The second-order valence-corrected chi connectivity index (χ2v) is 4.45. The van der Waals surface area contributed by atoms with Crippen molar-refractivity contribution >= 4 is 11.6 Å². The first-order valence-corrected chi connectivity index (χ1v) is 6.30. The molecule has 6 nitrogen and oxygen atoms in total. The van der Waals surface area contributed by atoms with Crippen LogP contribution in [0.2, 0.25) is 0 Å². The molecule has 1 rings (SSSR count). The Hall–Kier alpha value is -3.48. The molecule has 0 aromatic heterocycles. The van der Waals surface area contributed by atoms with Gasteiger partial charge in [-0.25, -0.2) is 0 Å². The summed E-state index contributed by atoms with van der Waals surface area (Å²) in [6, 6.07) is 12.6. The van der Waals surface area contributed by atoms with Gasteiger partial charge in [0, 0.05) is 24.0 Å². The molecule has 6 heteroatoms. The highest BCUT2D eigenvalue weighted by Crippen LogP contribution is 2.14. The summed E-state index contributed by atoms with van der Waals surface area (Å²) in [6.07, 6.45) is -0.406. The van der Waals surface area contributed by atoms with Gasteiger partial charge < -0.3 is 0 Å². The van der Waals surface area contributed by atoms with Crippen molar-refractivity contribution in [1.29, 1.82) is 21.0 Å². The highest BCUT2D eigenvalue weighted by molar-refractivity contribution is 6.00. The predicted octanol–water partition coefficient (Wildman–Crippen LogP) is 2.16. The molecule has 0 saturated heterocycles. The molecule has 0 amide bonds. The van der Waals surface area contributed by atoms with E-state index in [1.165, 1.54) is 24.3 Å². The average molecular weight is 290 g/mol. The Kier molecular flexibility index (Phi) is 5.99. The van der Waals surface area contributed by atoms with Crippen LogP contribution in [0.25, 0.3) is 0 Å². The maximum atomic E-state index is 11.9. The van der Waals surface area contributed by atoms with Crippen LogP contribution in [0.15, 0.2) is 24.3 Å². The fourth-order valence-electron chi connectivity index (χ4n) is 1.69. The molecule has 0 radical (unpaired) electrons. The van der Waals surface area contributed by atoms with Gasteiger partial charge in [-0.05, 0) is 0 Å². The molecule has 0 heterocycles. The average Bonchev–Trinajstić information content (AvgIpc) is 2.57. The Morgan fingerprint density at radius 3 is 1.23 bits per heavy atom. The van der Waals surface area contributed by atoms with Crippen LogP contribution in [0.4, 0.5) is 0 Å². The van der Waals surface area contributed by atoms with E-state index in [-0.39, 0.29) is 24.4 Å². The molecule has 106 valence electrons. The number of carbonyl (C=O) groups is 2. The number of Topliss-reactive ketones (excluding diaryl/α,β-unsaturated/α-hetero) is 2. The van der Waals surface area contributed by atoms with Crippen molar-refractivity contribution < 1.29 is 9.59 Å². The molecular formula is C16H10N4O2. The second-order valence-electron chi connectivity index (χ2n) is 4.45. The van der Waals surface area contributed by atoms with Crippen LogP contribution in [0, 0.1) is 57.2 Å². The van der Waals surface area contributed by atoms with Crippen molar-refractivity contribution in [1.82, 2.24) is 0 Å². The first kappa shape index (κ1) is 16.6. The monoisotopic (exact) mass is 290 g/mol. The van der Waals surface area contributed by atoms with Crippen LogP contribution in [-0.2, 0) is 0 Å². The largest absolute Gasteiger partial charge is 0.294 e. The number of nitriles is 4. The Bertz CT molecular complexity index is 646. The smallest absolute Gasteiger partial charge is 0.165 e. The molecule has 0 spiro atoms. The van der Waals surface area contributed by atoms with Gasteiger partial charge in [0.05, 0.1) is 24.3 Å². The molecule has 0 N–H and O–H groups in total. The van der Waals surface area contributed by atoms with E-state index < -0.39 is 11.8 Å². The molecule has 22 heavy (non-hydrogen) atoms. The Labute approximate surface area is 127 Å². The van der Waals surface area contributed by atoms with Crippen molar-refractivity contribution in [3.05, 3.63) is 35.4 Å². The van der Waals surface area contributed by atoms with Crippen LogP contribution in [-0.4, -0.2) is 11.6 Å². The van der Waals surface area contributed by atoms with Crippen LogP contribution in [0.1, 0.15) is 33.6 Å². The van der Waals surface area contributed by atoms with Crippen molar-refractivity contribution in [2.24, 2.45) is 11.8 Å². The van der Waals surface area contributed by atoms with Gasteiger partial charge in [-0.2, -0.15) is 21.0 Å². The molecule has 0 aliphatic rings. The molecule has 0 unspecified atom stereocenters. The lowest BCUT2D eigenvalue weighted by Gasteiger charge is -2.04. The molecule has 1 aromatic rings. The van der Waals surface area contributed by atoms with Crippen LogP contribution in [0.5, 0.6) is 0 Å². The van der Waals surface area contributed by atoms with Crippen molar-refractivity contribution in [2.75, 3.05) is 0 Å². The van der Waals surface area contributed by atoms with E-state index in [4.69, 9.17) is 21.0 Å². The number of carbonyl (C=O) groups excluding carboxylic acids is 2. The number of hydrogen-bond acceptors (Lipinski definition) is 6. The fraction of sp³-hybridized carbons (Fsp3) is 0.250. The highest BCUT2D eigenvalue weighted by atomic mass is 16.1. The Morgan fingerprint density at radius 2 is 1.00 bits per heavy atom. The Morgan fingerprint density at radius 1 is 0.727 bits per heavy atom. The molecule has 1 aromatic carbocycles. The van der Waals surface area contributed by atoms with Crippen LogP contribution >= 0.6 is 0 Å². The van der Waals surface area contributed by atoms with Gasteiger partial charge in [0.2, 0.25) is 0 Å². The number of rotatable bonds is 6. The van der Waals surface area contributed by atoms with Gasteiger partial charge in [0.1, 0.15) is 11.8 Å². The maximum Gasteiger partial charge on any atom is 0.165 e. The first-order valence-electron chi connectivity index (χ1n) is 6.30. The van der Waals surface area contributed by atoms with Crippen molar-refractivity contribution in [2.45, 2.75) is 12.8 Å². The third-order valence-electron chi connectivity index (χ3n) is 2.93. The molecule has 0 saturated carbocycles. The predicted molar refractivity (Wildman–Crippen MR) is 73.8 cm³/mol. The topological polar surface area (TPSA) is 129 Å². The van der Waals surface area contributed by atoms with Gasteiger partial charge in [-0.3, -0.25) is 9.59 Å². The zero-order valence-electron chi connectivity index (χ0n) is 11.5. The molecule has 0 aliphatic heterocycles. The van der Waals surface area contributed by atoms with E-state index in [9.17, 15) is 9.59 Å². The molecule has 0 aliphatic carbocycles. The van der Waals surface area contributed by atoms with E-state index in [0.29, 0.717) is 11.1 Å². The summed E-state index contributed by atoms with van der Waals surface area (Å²) in [7, 11) is 0. The second kappa shape index (κ2) is 7.95. The van der Waals surface area contributed by atoms with Gasteiger partial charge in [-0.15, -0.1) is 0 Å². The lowest BCUT2D eigenvalue weighted by Crippen LogP contribution is -2.08. The zero-order valence-corrected chi connectivity index (χ0v) is 11.5. The summed E-state index contributed by atoms with van der Waals surface area (Å²) in [6.45, 7) is 0. The summed E-state index contributed by atoms with van der Waals surface area (Å²) in [5, 5.41) is 34.6.